The fraction of sp³-hybridized carbons (Fsp3) is 0.278. The fourth-order valence-electron chi connectivity index (χ4n) is 2.85. The maximum absolute atomic E-state index is 12.5. The molecule has 1 amide bonds. The first-order chi connectivity index (χ1) is 10.6. The molecule has 1 heterocycles. The van der Waals surface area contributed by atoms with Gasteiger partial charge >= 0.3 is 0 Å². The van der Waals surface area contributed by atoms with Crippen molar-refractivity contribution in [2.45, 2.75) is 6.92 Å². The number of carbonyl (C=O) groups is 1. The van der Waals surface area contributed by atoms with Crippen molar-refractivity contribution in [1.29, 1.82) is 0 Å². The minimum Gasteiger partial charge on any atom is -0.399 e. The van der Waals surface area contributed by atoms with Gasteiger partial charge in [-0.1, -0.05) is 18.2 Å². The van der Waals surface area contributed by atoms with Crippen LogP contribution < -0.4 is 10.6 Å². The van der Waals surface area contributed by atoms with Gasteiger partial charge in [0.15, 0.2) is 0 Å². The quantitative estimate of drug-likeness (QED) is 0.866. The Hall–Kier alpha value is -2.49. The number of rotatable bonds is 2. The number of hydrogen-bond acceptors (Lipinski definition) is 3. The van der Waals surface area contributed by atoms with Crippen molar-refractivity contribution in [3.8, 4) is 0 Å². The van der Waals surface area contributed by atoms with Gasteiger partial charge in [0.05, 0.1) is 0 Å². The number of nitrogens with two attached hydrogens (primary N) is 1. The van der Waals surface area contributed by atoms with Gasteiger partial charge in [0, 0.05) is 43.1 Å². The number of nitrogen functional groups attached to an aromatic ring is 1. The molecule has 0 unspecified atom stereocenters. The zero-order valence-electron chi connectivity index (χ0n) is 12.8. The van der Waals surface area contributed by atoms with Crippen LogP contribution >= 0.6 is 0 Å². The van der Waals surface area contributed by atoms with Gasteiger partial charge in [0.2, 0.25) is 0 Å². The van der Waals surface area contributed by atoms with E-state index in [0.29, 0.717) is 11.3 Å². The molecule has 1 aliphatic heterocycles. The summed E-state index contributed by atoms with van der Waals surface area (Å²) in [5, 5.41) is 0. The van der Waals surface area contributed by atoms with Gasteiger partial charge in [-0.25, -0.2) is 0 Å². The van der Waals surface area contributed by atoms with E-state index in [2.05, 4.69) is 36.1 Å². The zero-order valence-corrected chi connectivity index (χ0v) is 12.8. The Morgan fingerprint density at radius 3 is 2.41 bits per heavy atom. The lowest BCUT2D eigenvalue weighted by Gasteiger charge is -2.36. The molecule has 0 saturated carbocycles. The van der Waals surface area contributed by atoms with Gasteiger partial charge in [-0.2, -0.15) is 0 Å². The van der Waals surface area contributed by atoms with E-state index in [0.717, 1.165) is 26.2 Å². The van der Waals surface area contributed by atoms with E-state index >= 15 is 0 Å². The summed E-state index contributed by atoms with van der Waals surface area (Å²) < 4.78 is 0. The third-order valence-electron chi connectivity index (χ3n) is 4.07. The van der Waals surface area contributed by atoms with E-state index in [4.69, 9.17) is 5.73 Å². The molecule has 2 aromatic carbocycles. The molecule has 0 aliphatic carbocycles. The summed E-state index contributed by atoms with van der Waals surface area (Å²) in [7, 11) is 0. The van der Waals surface area contributed by atoms with E-state index < -0.39 is 0 Å². The summed E-state index contributed by atoms with van der Waals surface area (Å²) in [4.78, 5) is 16.7. The lowest BCUT2D eigenvalue weighted by molar-refractivity contribution is 0.0747. The third kappa shape index (κ3) is 3.06. The third-order valence-corrected chi connectivity index (χ3v) is 4.07. The Kier molecular flexibility index (Phi) is 4.00. The Morgan fingerprint density at radius 1 is 1.00 bits per heavy atom. The highest BCUT2D eigenvalue weighted by molar-refractivity contribution is 5.95. The van der Waals surface area contributed by atoms with Gasteiger partial charge in [-0.05, 0) is 42.8 Å². The summed E-state index contributed by atoms with van der Waals surface area (Å²) in [6.07, 6.45) is 0. The molecular weight excluding hydrogens is 274 g/mol. The summed E-state index contributed by atoms with van der Waals surface area (Å²) in [6.45, 7) is 5.29. The molecule has 2 N–H and O–H groups in total. The summed E-state index contributed by atoms with van der Waals surface area (Å²) in [5.41, 5.74) is 9.55. The van der Waals surface area contributed by atoms with Crippen LogP contribution in [0.15, 0.2) is 48.5 Å². The largest absolute Gasteiger partial charge is 0.399 e. The SMILES string of the molecule is Cc1cccc(N2CCN(C(=O)c3cccc(N)c3)CC2)c1. The number of amides is 1. The number of nitrogens with zero attached hydrogens (tertiary/aromatic N) is 2. The first-order valence-corrected chi connectivity index (χ1v) is 7.60. The first kappa shape index (κ1) is 14.4. The number of anilines is 2. The fourth-order valence-corrected chi connectivity index (χ4v) is 2.85. The van der Waals surface area contributed by atoms with Crippen molar-refractivity contribution >= 4 is 17.3 Å². The van der Waals surface area contributed by atoms with Crippen LogP contribution in [-0.4, -0.2) is 37.0 Å². The highest BCUT2D eigenvalue weighted by Gasteiger charge is 2.22. The maximum Gasteiger partial charge on any atom is 0.254 e. The normalized spacial score (nSPS) is 15.0. The number of carbonyl (C=O) groups excluding carboxylic acids is 1. The molecule has 3 rings (SSSR count). The number of aryl methyl sites for hydroxylation is 1. The van der Waals surface area contributed by atoms with E-state index in [9.17, 15) is 4.79 Å². The highest BCUT2D eigenvalue weighted by Crippen LogP contribution is 2.19. The van der Waals surface area contributed by atoms with Gasteiger partial charge in [-0.3, -0.25) is 4.79 Å². The van der Waals surface area contributed by atoms with Crippen LogP contribution in [-0.2, 0) is 0 Å². The number of benzene rings is 2. The average molecular weight is 295 g/mol. The second-order valence-corrected chi connectivity index (χ2v) is 5.74. The Balaban J connectivity index is 1.65. The van der Waals surface area contributed by atoms with Crippen LogP contribution in [0.25, 0.3) is 0 Å². The summed E-state index contributed by atoms with van der Waals surface area (Å²) in [6, 6.07) is 15.7. The Morgan fingerprint density at radius 2 is 1.73 bits per heavy atom. The van der Waals surface area contributed by atoms with Crippen LogP contribution in [0.2, 0.25) is 0 Å². The molecule has 22 heavy (non-hydrogen) atoms. The topological polar surface area (TPSA) is 49.6 Å². The highest BCUT2D eigenvalue weighted by atomic mass is 16.2. The summed E-state index contributed by atoms with van der Waals surface area (Å²) >= 11 is 0. The predicted octanol–water partition coefficient (Wildman–Crippen LogP) is 2.54. The van der Waals surface area contributed by atoms with Crippen molar-refractivity contribution in [3.05, 3.63) is 59.7 Å². The van der Waals surface area contributed by atoms with Crippen LogP contribution in [0, 0.1) is 6.92 Å². The molecule has 4 nitrogen and oxygen atoms in total. The number of piperazine rings is 1. The van der Waals surface area contributed by atoms with Gasteiger partial charge in [0.1, 0.15) is 0 Å². The smallest absolute Gasteiger partial charge is 0.254 e. The molecule has 1 fully saturated rings. The molecule has 4 heteroatoms. The molecule has 0 atom stereocenters. The van der Waals surface area contributed by atoms with Gasteiger partial charge < -0.3 is 15.5 Å². The predicted molar refractivity (Wildman–Crippen MR) is 90.1 cm³/mol. The average Bonchev–Trinajstić information content (AvgIpc) is 2.54. The molecule has 2 aromatic rings. The molecule has 1 saturated heterocycles. The molecule has 0 aromatic heterocycles. The lowest BCUT2D eigenvalue weighted by Crippen LogP contribution is -2.48. The molecule has 0 spiro atoms. The van der Waals surface area contributed by atoms with Crippen LogP contribution in [0.5, 0.6) is 0 Å². The van der Waals surface area contributed by atoms with Crippen molar-refractivity contribution in [1.82, 2.24) is 4.90 Å². The van der Waals surface area contributed by atoms with Crippen molar-refractivity contribution < 1.29 is 4.79 Å². The zero-order chi connectivity index (χ0) is 15.5. The van der Waals surface area contributed by atoms with Crippen LogP contribution in [0.3, 0.4) is 0 Å². The van der Waals surface area contributed by atoms with Crippen molar-refractivity contribution in [2.24, 2.45) is 0 Å². The number of hydrogen-bond donors (Lipinski definition) is 1. The van der Waals surface area contributed by atoms with E-state index in [1.807, 2.05) is 17.0 Å². The lowest BCUT2D eigenvalue weighted by atomic mass is 10.1. The molecule has 0 radical (unpaired) electrons. The summed E-state index contributed by atoms with van der Waals surface area (Å²) in [5.74, 6) is 0.0659. The first-order valence-electron chi connectivity index (χ1n) is 7.60. The standard InChI is InChI=1S/C18H21N3O/c1-14-4-2-7-17(12-14)20-8-10-21(11-9-20)18(22)15-5-3-6-16(19)13-15/h2-7,12-13H,8-11,19H2,1H3. The minimum atomic E-state index is 0.0659. The second-order valence-electron chi connectivity index (χ2n) is 5.74. The van der Waals surface area contributed by atoms with Crippen LogP contribution in [0.4, 0.5) is 11.4 Å². The molecule has 0 bridgehead atoms. The molecular formula is C18H21N3O. The van der Waals surface area contributed by atoms with Gasteiger partial charge in [-0.15, -0.1) is 0 Å². The van der Waals surface area contributed by atoms with Crippen molar-refractivity contribution in [3.63, 3.8) is 0 Å². The Bertz CT molecular complexity index is 676. The van der Waals surface area contributed by atoms with E-state index in [1.165, 1.54) is 11.3 Å². The Labute approximate surface area is 131 Å². The second kappa shape index (κ2) is 6.10. The van der Waals surface area contributed by atoms with E-state index in [1.54, 1.807) is 12.1 Å². The van der Waals surface area contributed by atoms with E-state index in [-0.39, 0.29) is 5.91 Å². The van der Waals surface area contributed by atoms with Gasteiger partial charge in [0.25, 0.3) is 5.91 Å². The van der Waals surface area contributed by atoms with Crippen LogP contribution in [0.1, 0.15) is 15.9 Å². The van der Waals surface area contributed by atoms with Crippen molar-refractivity contribution in [2.75, 3.05) is 36.8 Å². The maximum atomic E-state index is 12.5. The molecule has 114 valence electrons. The minimum absolute atomic E-state index is 0.0659. The monoisotopic (exact) mass is 295 g/mol. The molecule has 1 aliphatic rings.